The summed E-state index contributed by atoms with van der Waals surface area (Å²) in [5, 5.41) is 3.22. The second-order valence-electron chi connectivity index (χ2n) is 3.44. The van der Waals surface area contributed by atoms with E-state index in [-0.39, 0.29) is 5.97 Å². The predicted octanol–water partition coefficient (Wildman–Crippen LogP) is 0.978. The van der Waals surface area contributed by atoms with E-state index in [4.69, 9.17) is 4.74 Å². The molecule has 0 aliphatic heterocycles. The van der Waals surface area contributed by atoms with Gasteiger partial charge in [0.25, 0.3) is 0 Å². The number of aromatic nitrogens is 2. The number of hydrogen-bond acceptors (Lipinski definition) is 4. The van der Waals surface area contributed by atoms with Crippen molar-refractivity contribution in [2.45, 2.75) is 27.3 Å². The van der Waals surface area contributed by atoms with E-state index in [0.29, 0.717) is 12.3 Å². The normalized spacial score (nSPS) is 10.4. The van der Waals surface area contributed by atoms with E-state index < -0.39 is 0 Å². The third-order valence-corrected chi connectivity index (χ3v) is 2.24. The molecule has 1 N–H and O–H groups in total. The maximum Gasteiger partial charge on any atom is 0.358 e. The van der Waals surface area contributed by atoms with Crippen LogP contribution in [0.15, 0.2) is 6.20 Å². The largest absolute Gasteiger partial charge is 0.461 e. The van der Waals surface area contributed by atoms with E-state index in [1.165, 1.54) is 0 Å². The molecule has 5 nitrogen and oxygen atoms in total. The molecule has 16 heavy (non-hydrogen) atoms. The van der Waals surface area contributed by atoms with Gasteiger partial charge in [0.1, 0.15) is 5.82 Å². The van der Waals surface area contributed by atoms with Gasteiger partial charge in [-0.1, -0.05) is 6.92 Å². The Morgan fingerprint density at radius 1 is 1.56 bits per heavy atom. The summed E-state index contributed by atoms with van der Waals surface area (Å²) >= 11 is 0. The van der Waals surface area contributed by atoms with Crippen LogP contribution in [0.25, 0.3) is 0 Å². The average molecular weight is 225 g/mol. The molecule has 0 aromatic carbocycles. The minimum absolute atomic E-state index is 0.354. The number of esters is 1. The molecule has 1 rings (SSSR count). The quantitative estimate of drug-likeness (QED) is 0.579. The average Bonchev–Trinajstić information content (AvgIpc) is 2.61. The number of rotatable bonds is 6. The molecular weight excluding hydrogens is 206 g/mol. The third kappa shape index (κ3) is 3.34. The lowest BCUT2D eigenvalue weighted by molar-refractivity contribution is 0.0520. The van der Waals surface area contributed by atoms with E-state index in [1.54, 1.807) is 13.1 Å². The smallest absolute Gasteiger partial charge is 0.358 e. The molecule has 0 fully saturated rings. The van der Waals surface area contributed by atoms with Crippen LogP contribution in [-0.4, -0.2) is 35.2 Å². The van der Waals surface area contributed by atoms with Crippen LogP contribution in [0.1, 0.15) is 30.2 Å². The maximum atomic E-state index is 11.4. The molecule has 90 valence electrons. The van der Waals surface area contributed by atoms with Crippen LogP contribution in [0.2, 0.25) is 0 Å². The first-order valence-corrected chi connectivity index (χ1v) is 5.60. The van der Waals surface area contributed by atoms with E-state index in [0.717, 1.165) is 25.5 Å². The Morgan fingerprint density at radius 2 is 2.31 bits per heavy atom. The van der Waals surface area contributed by atoms with Crippen molar-refractivity contribution in [3.05, 3.63) is 17.7 Å². The highest BCUT2D eigenvalue weighted by Gasteiger charge is 2.12. The number of carbonyl (C=O) groups is 1. The van der Waals surface area contributed by atoms with E-state index >= 15 is 0 Å². The summed E-state index contributed by atoms with van der Waals surface area (Å²) in [6.07, 6.45) is 1.74. The molecule has 0 aliphatic carbocycles. The minimum atomic E-state index is -0.354. The summed E-state index contributed by atoms with van der Waals surface area (Å²) in [6.45, 7) is 8.73. The van der Waals surface area contributed by atoms with E-state index in [2.05, 4.69) is 17.2 Å². The molecule has 0 atom stereocenters. The van der Waals surface area contributed by atoms with Crippen LogP contribution in [-0.2, 0) is 11.3 Å². The zero-order valence-corrected chi connectivity index (χ0v) is 10.1. The Balaban J connectivity index is 2.62. The highest BCUT2D eigenvalue weighted by Crippen LogP contribution is 2.03. The van der Waals surface area contributed by atoms with E-state index in [1.807, 2.05) is 11.5 Å². The molecule has 0 spiro atoms. The Bertz CT molecular complexity index is 347. The number of aryl methyl sites for hydroxylation is 1. The van der Waals surface area contributed by atoms with Crippen molar-refractivity contribution in [2.24, 2.45) is 0 Å². The Labute approximate surface area is 95.8 Å². The van der Waals surface area contributed by atoms with Gasteiger partial charge in [0.2, 0.25) is 0 Å². The van der Waals surface area contributed by atoms with Crippen molar-refractivity contribution in [1.29, 1.82) is 0 Å². The first kappa shape index (κ1) is 12.7. The van der Waals surface area contributed by atoms with Crippen LogP contribution in [0.4, 0.5) is 0 Å². The van der Waals surface area contributed by atoms with Crippen molar-refractivity contribution < 1.29 is 9.53 Å². The molecule has 1 heterocycles. The van der Waals surface area contributed by atoms with Gasteiger partial charge in [-0.15, -0.1) is 0 Å². The molecule has 0 aliphatic rings. The number of nitrogens with one attached hydrogen (secondary N) is 1. The lowest BCUT2D eigenvalue weighted by Crippen LogP contribution is -2.19. The molecule has 1 aromatic rings. The topological polar surface area (TPSA) is 56.2 Å². The summed E-state index contributed by atoms with van der Waals surface area (Å²) < 4.78 is 6.84. The van der Waals surface area contributed by atoms with Crippen molar-refractivity contribution in [3.8, 4) is 0 Å². The molecule has 0 saturated heterocycles. The van der Waals surface area contributed by atoms with Crippen molar-refractivity contribution in [1.82, 2.24) is 14.9 Å². The second kappa shape index (κ2) is 6.27. The fourth-order valence-corrected chi connectivity index (χ4v) is 1.41. The highest BCUT2D eigenvalue weighted by molar-refractivity contribution is 5.87. The Hall–Kier alpha value is -1.36. The zero-order valence-electron chi connectivity index (χ0n) is 10.1. The van der Waals surface area contributed by atoms with Crippen LogP contribution in [0.5, 0.6) is 0 Å². The van der Waals surface area contributed by atoms with Gasteiger partial charge in [0.15, 0.2) is 5.69 Å². The number of nitrogens with zero attached hydrogens (tertiary/aromatic N) is 2. The molecule has 5 heteroatoms. The fraction of sp³-hybridized carbons (Fsp3) is 0.636. The van der Waals surface area contributed by atoms with Crippen molar-refractivity contribution in [3.63, 3.8) is 0 Å². The number of imidazole rings is 1. The van der Waals surface area contributed by atoms with Crippen LogP contribution in [0.3, 0.4) is 0 Å². The first-order chi connectivity index (χ1) is 7.69. The monoisotopic (exact) mass is 225 g/mol. The van der Waals surface area contributed by atoms with Crippen molar-refractivity contribution >= 4 is 5.97 Å². The van der Waals surface area contributed by atoms with Crippen LogP contribution in [0, 0.1) is 6.92 Å². The van der Waals surface area contributed by atoms with Gasteiger partial charge < -0.3 is 14.6 Å². The molecule has 0 radical (unpaired) electrons. The Morgan fingerprint density at radius 3 is 2.94 bits per heavy atom. The summed E-state index contributed by atoms with van der Waals surface area (Å²) in [6, 6.07) is 0. The van der Waals surface area contributed by atoms with Gasteiger partial charge in [-0.05, 0) is 20.4 Å². The number of likely N-dealkylation sites (N-methyl/N-ethyl adjacent to an activating group) is 1. The predicted molar refractivity (Wildman–Crippen MR) is 61.5 cm³/mol. The van der Waals surface area contributed by atoms with Crippen LogP contribution >= 0.6 is 0 Å². The summed E-state index contributed by atoms with van der Waals surface area (Å²) in [4.78, 5) is 15.6. The summed E-state index contributed by atoms with van der Waals surface area (Å²) in [5.74, 6) is 0.480. The number of carbonyl (C=O) groups excluding carboxylic acids is 1. The lowest BCUT2D eigenvalue weighted by Gasteiger charge is -2.04. The standard InChI is InChI=1S/C11H19N3O2/c1-4-12-6-7-14-8-10(13-9(14)3)11(15)16-5-2/h8,12H,4-7H2,1-3H3. The fourth-order valence-electron chi connectivity index (χ4n) is 1.41. The van der Waals surface area contributed by atoms with Gasteiger partial charge >= 0.3 is 5.97 Å². The van der Waals surface area contributed by atoms with Crippen LogP contribution < -0.4 is 5.32 Å². The molecule has 1 aromatic heterocycles. The van der Waals surface area contributed by atoms with Gasteiger partial charge in [0, 0.05) is 19.3 Å². The Kier molecular flexibility index (Phi) is 4.98. The molecule has 0 bridgehead atoms. The van der Waals surface area contributed by atoms with Gasteiger partial charge in [-0.3, -0.25) is 0 Å². The van der Waals surface area contributed by atoms with Crippen molar-refractivity contribution in [2.75, 3.05) is 19.7 Å². The number of hydrogen-bond donors (Lipinski definition) is 1. The SMILES string of the molecule is CCNCCn1cc(C(=O)OCC)nc1C. The minimum Gasteiger partial charge on any atom is -0.461 e. The first-order valence-electron chi connectivity index (χ1n) is 5.60. The molecule has 0 unspecified atom stereocenters. The maximum absolute atomic E-state index is 11.4. The molecule has 0 saturated carbocycles. The molecular formula is C11H19N3O2. The zero-order chi connectivity index (χ0) is 12.0. The highest BCUT2D eigenvalue weighted by atomic mass is 16.5. The van der Waals surface area contributed by atoms with Gasteiger partial charge in [-0.25, -0.2) is 9.78 Å². The van der Waals surface area contributed by atoms with E-state index in [9.17, 15) is 4.79 Å². The number of ether oxygens (including phenoxy) is 1. The summed E-state index contributed by atoms with van der Waals surface area (Å²) in [5.41, 5.74) is 0.385. The molecule has 0 amide bonds. The lowest BCUT2D eigenvalue weighted by atomic mass is 10.5. The third-order valence-electron chi connectivity index (χ3n) is 2.24. The van der Waals surface area contributed by atoms with Gasteiger partial charge in [-0.2, -0.15) is 0 Å². The second-order valence-corrected chi connectivity index (χ2v) is 3.44. The van der Waals surface area contributed by atoms with Gasteiger partial charge in [0.05, 0.1) is 6.61 Å². The summed E-state index contributed by atoms with van der Waals surface area (Å²) in [7, 11) is 0.